The van der Waals surface area contributed by atoms with E-state index in [9.17, 15) is 0 Å². The quantitative estimate of drug-likeness (QED) is 0.240. The van der Waals surface area contributed by atoms with Crippen molar-refractivity contribution in [1.82, 2.24) is 4.98 Å². The Labute approximate surface area is 207 Å². The van der Waals surface area contributed by atoms with Gasteiger partial charge < -0.3 is 0 Å². The molecule has 1 heteroatoms. The van der Waals surface area contributed by atoms with E-state index < -0.39 is 0 Å². The molecule has 0 fully saturated rings. The summed E-state index contributed by atoms with van der Waals surface area (Å²) in [6.45, 7) is 0. The molecule has 1 aliphatic rings. The molecule has 0 saturated carbocycles. The molecule has 0 radical (unpaired) electrons. The van der Waals surface area contributed by atoms with Crippen LogP contribution in [0, 0.1) is 0 Å². The maximum Gasteiger partial charge on any atom is 0.0525 e. The average molecular weight is 452 g/mol. The molecule has 1 heterocycles. The first-order chi connectivity index (χ1) is 17.4. The summed E-state index contributed by atoms with van der Waals surface area (Å²) in [5.41, 5.74) is 5.62. The summed E-state index contributed by atoms with van der Waals surface area (Å²) in [6.07, 6.45) is 8.00. The van der Waals surface area contributed by atoms with Gasteiger partial charge in [-0.1, -0.05) is 103 Å². The van der Waals surface area contributed by atoms with E-state index in [1.54, 1.807) is 11.1 Å². The first kappa shape index (κ1) is 21.6. The Morgan fingerprint density at radius 1 is 0.514 bits per heavy atom. The van der Waals surface area contributed by atoms with E-state index in [1.807, 2.05) is 12.3 Å². The van der Waals surface area contributed by atoms with Crippen LogP contribution in [-0.2, 0) is 19.3 Å². The molecule has 6 aromatic rings. The van der Waals surface area contributed by atoms with Gasteiger partial charge >= 0.3 is 0 Å². The normalized spacial score (nSPS) is 12.8. The van der Waals surface area contributed by atoms with E-state index in [0.29, 0.717) is 0 Å². The van der Waals surface area contributed by atoms with Gasteiger partial charge in [-0.25, -0.2) is 0 Å². The molecule has 1 nitrogen and oxygen atoms in total. The third-order valence-electron chi connectivity index (χ3n) is 7.23. The summed E-state index contributed by atoms with van der Waals surface area (Å²) in [7, 11) is 0. The van der Waals surface area contributed by atoms with Crippen molar-refractivity contribution in [3.8, 4) is 0 Å². The molecule has 0 amide bonds. The Hall–Kier alpha value is -3.97. The number of hydrogen-bond acceptors (Lipinski definition) is 1. The van der Waals surface area contributed by atoms with Crippen LogP contribution in [0.3, 0.4) is 0 Å². The van der Waals surface area contributed by atoms with Crippen molar-refractivity contribution in [1.29, 1.82) is 0 Å². The number of fused-ring (bicyclic) bond motifs is 6. The molecule has 0 bridgehead atoms. The van der Waals surface area contributed by atoms with Gasteiger partial charge in [0, 0.05) is 18.0 Å². The number of pyridine rings is 1. The second-order valence-corrected chi connectivity index (χ2v) is 9.43. The summed E-state index contributed by atoms with van der Waals surface area (Å²) in [4.78, 5) is 4.50. The van der Waals surface area contributed by atoms with Gasteiger partial charge in [0.1, 0.15) is 0 Å². The number of hydrogen-bond donors (Lipinski definition) is 0. The summed E-state index contributed by atoms with van der Waals surface area (Å²) in [5.74, 6) is 0. The van der Waals surface area contributed by atoms with E-state index in [2.05, 4.69) is 108 Å². The predicted molar refractivity (Wildman–Crippen MR) is 149 cm³/mol. The van der Waals surface area contributed by atoms with Crippen LogP contribution in [0.2, 0.25) is 0 Å². The highest BCUT2D eigenvalue weighted by molar-refractivity contribution is 6.08. The maximum atomic E-state index is 4.50. The van der Waals surface area contributed by atoms with Crippen LogP contribution in [0.25, 0.3) is 32.3 Å². The van der Waals surface area contributed by atoms with Crippen molar-refractivity contribution in [3.63, 3.8) is 0 Å². The third-order valence-corrected chi connectivity index (χ3v) is 7.23. The topological polar surface area (TPSA) is 12.9 Å². The first-order valence-electron chi connectivity index (χ1n) is 12.7. The standard InChI is InChI=1S/C18H16.C16H13N/c1-3-7-15-13(5-1)9-11-18-16-8-4-2-6-14(16)10-12-17(15)18;1-2-6-13(7-3-1)12-16-15-9-5-4-8-14(15)10-11-17-16/h1,3,5,7,9-12H,2,4,6,8H2;1-11H,12H2. The molecule has 1 aromatic heterocycles. The molecule has 0 aliphatic heterocycles. The van der Waals surface area contributed by atoms with Crippen LogP contribution >= 0.6 is 0 Å². The van der Waals surface area contributed by atoms with E-state index in [4.69, 9.17) is 0 Å². The molecular weight excluding hydrogens is 422 g/mol. The van der Waals surface area contributed by atoms with Crippen molar-refractivity contribution in [3.05, 3.63) is 138 Å². The summed E-state index contributed by atoms with van der Waals surface area (Å²) < 4.78 is 0. The molecule has 5 aromatic carbocycles. The van der Waals surface area contributed by atoms with Crippen LogP contribution < -0.4 is 0 Å². The third kappa shape index (κ3) is 4.42. The van der Waals surface area contributed by atoms with Crippen molar-refractivity contribution < 1.29 is 0 Å². The van der Waals surface area contributed by atoms with Gasteiger partial charge in [0.15, 0.2) is 0 Å². The number of nitrogens with zero attached hydrogens (tertiary/aromatic N) is 1. The van der Waals surface area contributed by atoms with Gasteiger partial charge in [0.25, 0.3) is 0 Å². The summed E-state index contributed by atoms with van der Waals surface area (Å²) in [6, 6.07) is 38.9. The lowest BCUT2D eigenvalue weighted by molar-refractivity contribution is 0.690. The fourth-order valence-corrected chi connectivity index (χ4v) is 5.45. The highest BCUT2D eigenvalue weighted by Crippen LogP contribution is 2.33. The first-order valence-corrected chi connectivity index (χ1v) is 12.7. The fraction of sp³-hybridized carbons (Fsp3) is 0.147. The predicted octanol–water partition coefficient (Wildman–Crippen LogP) is 8.70. The molecular formula is C34H29N. The van der Waals surface area contributed by atoms with Gasteiger partial charge in [-0.3, -0.25) is 4.98 Å². The Bertz CT molecular complexity index is 1610. The summed E-state index contributed by atoms with van der Waals surface area (Å²) >= 11 is 0. The molecule has 170 valence electrons. The second-order valence-electron chi connectivity index (χ2n) is 9.43. The lowest BCUT2D eigenvalue weighted by Gasteiger charge is -2.18. The van der Waals surface area contributed by atoms with Gasteiger partial charge in [0.2, 0.25) is 0 Å². The molecule has 7 rings (SSSR count). The fourth-order valence-electron chi connectivity index (χ4n) is 5.45. The van der Waals surface area contributed by atoms with E-state index >= 15 is 0 Å². The minimum absolute atomic E-state index is 0.891. The van der Waals surface area contributed by atoms with Gasteiger partial charge in [-0.05, 0) is 75.4 Å². The summed E-state index contributed by atoms with van der Waals surface area (Å²) in [5, 5.41) is 8.15. The average Bonchev–Trinajstić information content (AvgIpc) is 2.94. The maximum absolute atomic E-state index is 4.50. The highest BCUT2D eigenvalue weighted by atomic mass is 14.7. The molecule has 0 atom stereocenters. The minimum Gasteiger partial charge on any atom is -0.260 e. The number of benzene rings is 5. The van der Waals surface area contributed by atoms with Crippen molar-refractivity contribution in [2.45, 2.75) is 32.1 Å². The van der Waals surface area contributed by atoms with Gasteiger partial charge in [-0.15, -0.1) is 0 Å². The zero-order chi connectivity index (χ0) is 23.5. The molecule has 0 spiro atoms. The number of rotatable bonds is 2. The zero-order valence-electron chi connectivity index (χ0n) is 20.0. The largest absolute Gasteiger partial charge is 0.260 e. The zero-order valence-corrected chi connectivity index (χ0v) is 20.0. The lowest BCUT2D eigenvalue weighted by atomic mass is 9.86. The highest BCUT2D eigenvalue weighted by Gasteiger charge is 2.13. The molecule has 0 N–H and O–H groups in total. The van der Waals surface area contributed by atoms with Crippen molar-refractivity contribution in [2.24, 2.45) is 0 Å². The Morgan fingerprint density at radius 3 is 2.06 bits per heavy atom. The van der Waals surface area contributed by atoms with Crippen LogP contribution in [0.4, 0.5) is 0 Å². The van der Waals surface area contributed by atoms with E-state index in [-0.39, 0.29) is 0 Å². The van der Waals surface area contributed by atoms with Crippen LogP contribution in [0.1, 0.15) is 35.2 Å². The SMILES string of the molecule is c1ccc(Cc2nccc3ccccc23)cc1.c1ccc2c(c1)ccc1c3c(ccc12)CCCC3. The molecule has 0 saturated heterocycles. The van der Waals surface area contributed by atoms with E-state index in [1.165, 1.54) is 63.6 Å². The molecule has 35 heavy (non-hydrogen) atoms. The van der Waals surface area contributed by atoms with E-state index in [0.717, 1.165) is 12.1 Å². The van der Waals surface area contributed by atoms with Gasteiger partial charge in [0.05, 0.1) is 5.69 Å². The van der Waals surface area contributed by atoms with Crippen molar-refractivity contribution in [2.75, 3.05) is 0 Å². The molecule has 0 unspecified atom stereocenters. The van der Waals surface area contributed by atoms with Gasteiger partial charge in [-0.2, -0.15) is 0 Å². The Kier molecular flexibility index (Phi) is 5.99. The Balaban J connectivity index is 0.000000131. The van der Waals surface area contributed by atoms with Crippen molar-refractivity contribution >= 4 is 32.3 Å². The Morgan fingerprint density at radius 2 is 1.20 bits per heavy atom. The van der Waals surface area contributed by atoms with Crippen LogP contribution in [-0.4, -0.2) is 4.98 Å². The number of aryl methyl sites for hydroxylation is 2. The minimum atomic E-state index is 0.891. The van der Waals surface area contributed by atoms with Crippen LogP contribution in [0.5, 0.6) is 0 Å². The smallest absolute Gasteiger partial charge is 0.0525 e. The second kappa shape index (κ2) is 9.72. The monoisotopic (exact) mass is 451 g/mol. The lowest BCUT2D eigenvalue weighted by Crippen LogP contribution is -2.02. The van der Waals surface area contributed by atoms with Crippen LogP contribution in [0.15, 0.2) is 115 Å². The number of aromatic nitrogens is 1. The molecule has 1 aliphatic carbocycles.